The van der Waals surface area contributed by atoms with E-state index < -0.39 is 0 Å². The highest BCUT2D eigenvalue weighted by Gasteiger charge is 2.13. The van der Waals surface area contributed by atoms with Crippen LogP contribution in [-0.2, 0) is 6.54 Å². The summed E-state index contributed by atoms with van der Waals surface area (Å²) in [5.74, 6) is 1.09. The van der Waals surface area contributed by atoms with E-state index in [1.807, 2.05) is 12.1 Å². The summed E-state index contributed by atoms with van der Waals surface area (Å²) in [5.41, 5.74) is 1.76. The molecule has 28 heavy (non-hydrogen) atoms. The van der Waals surface area contributed by atoms with Crippen molar-refractivity contribution in [2.45, 2.75) is 6.54 Å². The first kappa shape index (κ1) is 19.4. The molecule has 2 N–H and O–H groups in total. The van der Waals surface area contributed by atoms with E-state index in [9.17, 15) is 4.79 Å². The number of ether oxygens (including phenoxy) is 2. The van der Waals surface area contributed by atoms with Crippen LogP contribution >= 0.6 is 11.6 Å². The zero-order valence-electron chi connectivity index (χ0n) is 15.3. The van der Waals surface area contributed by atoms with Gasteiger partial charge in [0.25, 0.3) is 5.91 Å². The molecule has 3 rings (SSSR count). The van der Waals surface area contributed by atoms with E-state index in [-0.39, 0.29) is 11.6 Å². The summed E-state index contributed by atoms with van der Waals surface area (Å²) in [4.78, 5) is 24.5. The second-order valence-electron chi connectivity index (χ2n) is 5.64. The molecule has 0 spiro atoms. The maximum atomic E-state index is 12.4. The van der Waals surface area contributed by atoms with Crippen LogP contribution in [0.2, 0.25) is 5.02 Å². The lowest BCUT2D eigenvalue weighted by Crippen LogP contribution is -2.24. The Bertz CT molecular complexity index is 969. The SMILES string of the molecule is COc1cc(Nc2cc(C(=O)NCc3ccncc3)ncn2)c(OC)cc1Cl. The quantitative estimate of drug-likeness (QED) is 0.629. The average molecular weight is 400 g/mol. The van der Waals surface area contributed by atoms with Gasteiger partial charge in [0.15, 0.2) is 0 Å². The number of amides is 1. The van der Waals surface area contributed by atoms with E-state index in [4.69, 9.17) is 21.1 Å². The number of nitrogens with zero attached hydrogens (tertiary/aromatic N) is 3. The van der Waals surface area contributed by atoms with Crippen LogP contribution in [0.5, 0.6) is 11.5 Å². The highest BCUT2D eigenvalue weighted by molar-refractivity contribution is 6.32. The molecule has 3 aromatic rings. The van der Waals surface area contributed by atoms with Crippen molar-refractivity contribution in [1.29, 1.82) is 0 Å². The van der Waals surface area contributed by atoms with E-state index in [0.717, 1.165) is 5.56 Å². The second kappa shape index (κ2) is 9.01. The molecule has 2 heterocycles. The number of carbonyl (C=O) groups excluding carboxylic acids is 1. The summed E-state index contributed by atoms with van der Waals surface area (Å²) in [6.07, 6.45) is 4.65. The zero-order chi connectivity index (χ0) is 19.9. The van der Waals surface area contributed by atoms with Gasteiger partial charge in [-0.3, -0.25) is 9.78 Å². The molecule has 0 unspecified atom stereocenters. The Balaban J connectivity index is 1.75. The zero-order valence-corrected chi connectivity index (χ0v) is 16.0. The van der Waals surface area contributed by atoms with Crippen LogP contribution in [0.4, 0.5) is 11.5 Å². The van der Waals surface area contributed by atoms with Crippen molar-refractivity contribution >= 4 is 29.0 Å². The molecule has 0 aliphatic carbocycles. The Hall–Kier alpha value is -3.39. The lowest BCUT2D eigenvalue weighted by atomic mass is 10.2. The summed E-state index contributed by atoms with van der Waals surface area (Å²) in [7, 11) is 3.05. The van der Waals surface area contributed by atoms with Crippen molar-refractivity contribution in [1.82, 2.24) is 20.3 Å². The van der Waals surface area contributed by atoms with Crippen molar-refractivity contribution in [3.8, 4) is 11.5 Å². The highest BCUT2D eigenvalue weighted by Crippen LogP contribution is 2.37. The first-order valence-corrected chi connectivity index (χ1v) is 8.66. The van der Waals surface area contributed by atoms with E-state index in [1.165, 1.54) is 20.5 Å². The molecule has 2 aromatic heterocycles. The number of rotatable bonds is 7. The fraction of sp³-hybridized carbons (Fsp3) is 0.158. The van der Waals surface area contributed by atoms with Gasteiger partial charge in [-0.1, -0.05) is 11.6 Å². The van der Waals surface area contributed by atoms with Crippen molar-refractivity contribution < 1.29 is 14.3 Å². The molecule has 9 heteroatoms. The molecule has 0 aliphatic rings. The van der Waals surface area contributed by atoms with Gasteiger partial charge in [0.05, 0.1) is 24.9 Å². The molecule has 1 aromatic carbocycles. The van der Waals surface area contributed by atoms with Crippen molar-refractivity contribution in [2.24, 2.45) is 0 Å². The molecular formula is C19H18ClN5O3. The molecule has 144 valence electrons. The number of methoxy groups -OCH3 is 2. The third kappa shape index (κ3) is 4.66. The fourth-order valence-corrected chi connectivity index (χ4v) is 2.65. The largest absolute Gasteiger partial charge is 0.495 e. The Morgan fingerprint density at radius 1 is 1.07 bits per heavy atom. The van der Waals surface area contributed by atoms with E-state index in [1.54, 1.807) is 30.6 Å². The Kier molecular flexibility index (Phi) is 6.23. The van der Waals surface area contributed by atoms with Crippen LogP contribution in [0, 0.1) is 0 Å². The molecule has 0 radical (unpaired) electrons. The normalized spacial score (nSPS) is 10.2. The molecular weight excluding hydrogens is 382 g/mol. The first-order valence-electron chi connectivity index (χ1n) is 8.28. The van der Waals surface area contributed by atoms with Crippen molar-refractivity contribution in [2.75, 3.05) is 19.5 Å². The number of nitrogens with one attached hydrogen (secondary N) is 2. The predicted octanol–water partition coefficient (Wildman–Crippen LogP) is 3.22. The van der Waals surface area contributed by atoms with Crippen LogP contribution in [0.3, 0.4) is 0 Å². The van der Waals surface area contributed by atoms with Gasteiger partial charge < -0.3 is 20.1 Å². The minimum atomic E-state index is -0.317. The number of benzene rings is 1. The van der Waals surface area contributed by atoms with Gasteiger partial charge in [-0.05, 0) is 17.7 Å². The fourth-order valence-electron chi connectivity index (χ4n) is 2.42. The van der Waals surface area contributed by atoms with Crippen LogP contribution in [-0.4, -0.2) is 35.1 Å². The Morgan fingerprint density at radius 2 is 1.82 bits per heavy atom. The number of carbonyl (C=O) groups is 1. The van der Waals surface area contributed by atoms with E-state index in [0.29, 0.717) is 34.6 Å². The summed E-state index contributed by atoms with van der Waals surface area (Å²) < 4.78 is 10.6. The van der Waals surface area contributed by atoms with E-state index in [2.05, 4.69) is 25.6 Å². The van der Waals surface area contributed by atoms with Crippen LogP contribution in [0.15, 0.2) is 49.1 Å². The van der Waals surface area contributed by atoms with Gasteiger partial charge >= 0.3 is 0 Å². The number of pyridine rings is 1. The van der Waals surface area contributed by atoms with Crippen LogP contribution < -0.4 is 20.1 Å². The summed E-state index contributed by atoms with van der Waals surface area (Å²) in [5, 5.41) is 6.32. The number of hydrogen-bond acceptors (Lipinski definition) is 7. The number of halogens is 1. The molecule has 8 nitrogen and oxygen atoms in total. The molecule has 0 aliphatic heterocycles. The Labute approximate surface area is 166 Å². The first-order chi connectivity index (χ1) is 13.6. The Morgan fingerprint density at radius 3 is 2.54 bits per heavy atom. The van der Waals surface area contributed by atoms with Gasteiger partial charge in [-0.25, -0.2) is 9.97 Å². The van der Waals surface area contributed by atoms with E-state index >= 15 is 0 Å². The smallest absolute Gasteiger partial charge is 0.270 e. The van der Waals surface area contributed by atoms with Gasteiger partial charge in [0, 0.05) is 37.1 Å². The third-order valence-corrected chi connectivity index (χ3v) is 4.13. The van der Waals surface area contributed by atoms with Gasteiger partial charge in [-0.2, -0.15) is 0 Å². The molecule has 0 fully saturated rings. The number of aromatic nitrogens is 3. The average Bonchev–Trinajstić information content (AvgIpc) is 2.73. The maximum absolute atomic E-state index is 12.4. The summed E-state index contributed by atoms with van der Waals surface area (Å²) in [6, 6.07) is 8.52. The molecule has 0 saturated carbocycles. The summed E-state index contributed by atoms with van der Waals surface area (Å²) >= 11 is 6.12. The van der Waals surface area contributed by atoms with Crippen LogP contribution in [0.1, 0.15) is 16.1 Å². The highest BCUT2D eigenvalue weighted by atomic mass is 35.5. The number of anilines is 2. The molecule has 0 bridgehead atoms. The minimum absolute atomic E-state index is 0.228. The molecule has 1 amide bonds. The van der Waals surface area contributed by atoms with Crippen molar-refractivity contribution in [3.05, 3.63) is 65.3 Å². The molecule has 0 atom stereocenters. The van der Waals surface area contributed by atoms with Gasteiger partial charge in [0.2, 0.25) is 0 Å². The monoisotopic (exact) mass is 399 g/mol. The van der Waals surface area contributed by atoms with Crippen LogP contribution in [0.25, 0.3) is 0 Å². The maximum Gasteiger partial charge on any atom is 0.270 e. The topological polar surface area (TPSA) is 98.3 Å². The van der Waals surface area contributed by atoms with Crippen molar-refractivity contribution in [3.63, 3.8) is 0 Å². The molecule has 0 saturated heterocycles. The predicted molar refractivity (Wildman–Crippen MR) is 105 cm³/mol. The lowest BCUT2D eigenvalue weighted by Gasteiger charge is -2.13. The number of hydrogen-bond donors (Lipinski definition) is 2. The standard InChI is InChI=1S/C19H18ClN5O3/c1-27-16-8-14(17(28-2)7-13(16)20)25-18-9-15(23-11-24-18)19(26)22-10-12-3-5-21-6-4-12/h3-9,11H,10H2,1-2H3,(H,22,26)(H,23,24,25). The lowest BCUT2D eigenvalue weighted by molar-refractivity contribution is 0.0946. The third-order valence-electron chi connectivity index (χ3n) is 3.84. The second-order valence-corrected chi connectivity index (χ2v) is 6.05. The summed E-state index contributed by atoms with van der Waals surface area (Å²) in [6.45, 7) is 0.371. The minimum Gasteiger partial charge on any atom is -0.495 e. The van der Waals surface area contributed by atoms with Gasteiger partial charge in [0.1, 0.15) is 29.3 Å². The van der Waals surface area contributed by atoms with Gasteiger partial charge in [-0.15, -0.1) is 0 Å².